The van der Waals surface area contributed by atoms with Crippen molar-refractivity contribution in [1.29, 1.82) is 0 Å². The molecule has 0 radical (unpaired) electrons. The Labute approximate surface area is 139 Å². The van der Waals surface area contributed by atoms with Crippen molar-refractivity contribution in [3.63, 3.8) is 0 Å². The zero-order chi connectivity index (χ0) is 18.6. The predicted molar refractivity (Wildman–Crippen MR) is 86.7 cm³/mol. The Morgan fingerprint density at radius 1 is 0.960 bits per heavy atom. The summed E-state index contributed by atoms with van der Waals surface area (Å²) in [6.07, 6.45) is 0.925. The lowest BCUT2D eigenvalue weighted by Gasteiger charge is -2.02. The number of hydrogen-bond acceptors (Lipinski definition) is 8. The predicted octanol–water partition coefficient (Wildman–Crippen LogP) is 3.17. The summed E-state index contributed by atoms with van der Waals surface area (Å²) in [7, 11) is 1.44. The van der Waals surface area contributed by atoms with Crippen molar-refractivity contribution in [3.8, 4) is 5.75 Å². The van der Waals surface area contributed by atoms with E-state index in [9.17, 15) is 30.3 Å². The largest absolute Gasteiger partial charge is 0.497 e. The van der Waals surface area contributed by atoms with E-state index in [1.165, 1.54) is 13.2 Å². The van der Waals surface area contributed by atoms with Crippen molar-refractivity contribution < 1.29 is 19.5 Å². The second-order valence-electron chi connectivity index (χ2n) is 4.63. The van der Waals surface area contributed by atoms with Crippen LogP contribution in [0.1, 0.15) is 5.56 Å². The molecule has 2 aromatic rings. The van der Waals surface area contributed by atoms with Crippen LogP contribution in [0.2, 0.25) is 0 Å². The second-order valence-corrected chi connectivity index (χ2v) is 4.63. The number of rotatable bonds is 6. The summed E-state index contributed by atoms with van der Waals surface area (Å²) in [4.78, 5) is 34.3. The molecule has 11 nitrogen and oxygen atoms in total. The third-order valence-electron chi connectivity index (χ3n) is 3.12. The van der Waals surface area contributed by atoms with Gasteiger partial charge < -0.3 is 4.74 Å². The molecule has 0 saturated heterocycles. The van der Waals surface area contributed by atoms with Crippen LogP contribution in [0.5, 0.6) is 5.75 Å². The van der Waals surface area contributed by atoms with Crippen molar-refractivity contribution in [2.75, 3.05) is 7.11 Å². The van der Waals surface area contributed by atoms with Gasteiger partial charge in [0.25, 0.3) is 17.1 Å². The SMILES string of the molecule is COc1cccc(N=Cc2c([N+](=O)[O-])cc([N+](=O)[O-])cc2[N+](=O)[O-])c1. The van der Waals surface area contributed by atoms with Crippen molar-refractivity contribution >= 4 is 29.0 Å². The molecule has 11 heteroatoms. The Bertz CT molecular complexity index is 859. The van der Waals surface area contributed by atoms with Crippen molar-refractivity contribution in [2.24, 2.45) is 4.99 Å². The van der Waals surface area contributed by atoms with E-state index in [4.69, 9.17) is 4.74 Å². The van der Waals surface area contributed by atoms with Gasteiger partial charge in [-0.25, -0.2) is 0 Å². The Hall–Kier alpha value is -3.89. The van der Waals surface area contributed by atoms with Gasteiger partial charge in [0.2, 0.25) is 0 Å². The summed E-state index contributed by atoms with van der Waals surface area (Å²) >= 11 is 0. The summed E-state index contributed by atoms with van der Waals surface area (Å²) in [6, 6.07) is 7.64. The summed E-state index contributed by atoms with van der Waals surface area (Å²) in [5, 5.41) is 33.1. The van der Waals surface area contributed by atoms with Gasteiger partial charge in [0, 0.05) is 12.3 Å². The van der Waals surface area contributed by atoms with Crippen LogP contribution in [0.3, 0.4) is 0 Å². The third kappa shape index (κ3) is 3.90. The molecule has 128 valence electrons. The fourth-order valence-electron chi connectivity index (χ4n) is 1.98. The van der Waals surface area contributed by atoms with Gasteiger partial charge in [0.15, 0.2) is 0 Å². The van der Waals surface area contributed by atoms with Crippen LogP contribution < -0.4 is 4.74 Å². The third-order valence-corrected chi connectivity index (χ3v) is 3.12. The van der Waals surface area contributed by atoms with E-state index >= 15 is 0 Å². The van der Waals surface area contributed by atoms with Crippen LogP contribution in [0, 0.1) is 30.3 Å². The van der Waals surface area contributed by atoms with Crippen molar-refractivity contribution in [1.82, 2.24) is 0 Å². The van der Waals surface area contributed by atoms with E-state index in [-0.39, 0.29) is 0 Å². The van der Waals surface area contributed by atoms with E-state index in [0.717, 1.165) is 6.21 Å². The highest BCUT2D eigenvalue weighted by molar-refractivity contribution is 5.93. The molecule has 0 aliphatic heterocycles. The van der Waals surface area contributed by atoms with Gasteiger partial charge in [-0.05, 0) is 12.1 Å². The zero-order valence-electron chi connectivity index (χ0n) is 12.7. The molecule has 0 N–H and O–H groups in total. The number of hydrogen-bond donors (Lipinski definition) is 0. The normalized spacial score (nSPS) is 10.6. The molecule has 0 aliphatic rings. The maximum Gasteiger partial charge on any atom is 0.291 e. The van der Waals surface area contributed by atoms with Gasteiger partial charge in [-0.2, -0.15) is 0 Å². The lowest BCUT2D eigenvalue weighted by molar-refractivity contribution is -0.403. The molecule has 0 unspecified atom stereocenters. The first-order valence-corrected chi connectivity index (χ1v) is 6.63. The monoisotopic (exact) mass is 346 g/mol. The molecule has 0 fully saturated rings. The summed E-state index contributed by atoms with van der Waals surface area (Å²) in [5.74, 6) is 0.474. The van der Waals surface area contributed by atoms with E-state index in [1.807, 2.05) is 0 Å². The second kappa shape index (κ2) is 7.12. The van der Waals surface area contributed by atoms with Gasteiger partial charge in [0.05, 0.1) is 39.7 Å². The highest BCUT2D eigenvalue weighted by Crippen LogP contribution is 2.33. The molecule has 0 bridgehead atoms. The van der Waals surface area contributed by atoms with E-state index < -0.39 is 37.4 Å². The minimum Gasteiger partial charge on any atom is -0.497 e. The van der Waals surface area contributed by atoms with Gasteiger partial charge in [-0.1, -0.05) is 6.07 Å². The smallest absolute Gasteiger partial charge is 0.291 e. The minimum absolute atomic E-state index is 0.335. The fraction of sp³-hybridized carbons (Fsp3) is 0.0714. The Morgan fingerprint density at radius 3 is 2.04 bits per heavy atom. The number of nitro benzene ring substituents is 3. The van der Waals surface area contributed by atoms with Crippen molar-refractivity contribution in [2.45, 2.75) is 0 Å². The van der Waals surface area contributed by atoms with Gasteiger partial charge in [-0.3, -0.25) is 35.3 Å². The van der Waals surface area contributed by atoms with Crippen LogP contribution in [0.4, 0.5) is 22.7 Å². The lowest BCUT2D eigenvalue weighted by atomic mass is 10.1. The molecule has 0 aromatic heterocycles. The molecule has 0 atom stereocenters. The average Bonchev–Trinajstić information content (AvgIpc) is 2.58. The fourth-order valence-corrected chi connectivity index (χ4v) is 1.98. The topological polar surface area (TPSA) is 151 Å². The van der Waals surface area contributed by atoms with Crippen molar-refractivity contribution in [3.05, 3.63) is 72.3 Å². The first kappa shape index (κ1) is 17.5. The molecular weight excluding hydrogens is 336 g/mol. The Balaban J connectivity index is 2.61. The molecule has 0 spiro atoms. The summed E-state index contributed by atoms with van der Waals surface area (Å²) < 4.78 is 5.01. The van der Waals surface area contributed by atoms with Crippen LogP contribution in [-0.4, -0.2) is 28.1 Å². The zero-order valence-corrected chi connectivity index (χ0v) is 12.7. The standard InChI is InChI=1S/C14H10N4O7/c1-25-11-4-2-3-9(5-11)15-8-12-13(17(21)22)6-10(16(19)20)7-14(12)18(23)24/h2-8H,1H3. The highest BCUT2D eigenvalue weighted by atomic mass is 16.6. The molecule has 0 amide bonds. The molecule has 0 saturated carbocycles. The number of non-ortho nitro benzene ring substituents is 1. The minimum atomic E-state index is -0.941. The van der Waals surface area contributed by atoms with Crippen LogP contribution >= 0.6 is 0 Å². The van der Waals surface area contributed by atoms with Crippen LogP contribution in [-0.2, 0) is 0 Å². The summed E-state index contributed by atoms with van der Waals surface area (Å²) in [6.45, 7) is 0. The van der Waals surface area contributed by atoms with Crippen LogP contribution in [0.15, 0.2) is 41.4 Å². The quantitative estimate of drug-likeness (QED) is 0.442. The molecule has 0 heterocycles. The molecule has 0 aliphatic carbocycles. The molecule has 25 heavy (non-hydrogen) atoms. The number of benzene rings is 2. The first-order chi connectivity index (χ1) is 11.8. The van der Waals surface area contributed by atoms with Crippen LogP contribution in [0.25, 0.3) is 0 Å². The summed E-state index contributed by atoms with van der Waals surface area (Å²) in [5.41, 5.74) is -2.43. The number of nitrogens with zero attached hydrogens (tertiary/aromatic N) is 4. The van der Waals surface area contributed by atoms with Gasteiger partial charge in [-0.15, -0.1) is 0 Å². The number of aliphatic imine (C=N–C) groups is 1. The average molecular weight is 346 g/mol. The molecule has 2 aromatic carbocycles. The van der Waals surface area contributed by atoms with E-state index in [0.29, 0.717) is 23.6 Å². The maximum atomic E-state index is 11.2. The number of methoxy groups -OCH3 is 1. The number of ether oxygens (including phenoxy) is 1. The Morgan fingerprint density at radius 2 is 1.56 bits per heavy atom. The number of nitro groups is 3. The Kier molecular flexibility index (Phi) is 4.98. The van der Waals surface area contributed by atoms with E-state index in [2.05, 4.69) is 4.99 Å². The maximum absolute atomic E-state index is 11.2. The van der Waals surface area contributed by atoms with E-state index in [1.54, 1.807) is 18.2 Å². The molecule has 2 rings (SSSR count). The first-order valence-electron chi connectivity index (χ1n) is 6.63. The van der Waals surface area contributed by atoms with Gasteiger partial charge in [0.1, 0.15) is 11.3 Å². The highest BCUT2D eigenvalue weighted by Gasteiger charge is 2.29. The molecular formula is C14H10N4O7. The van der Waals surface area contributed by atoms with Gasteiger partial charge >= 0.3 is 0 Å². The lowest BCUT2D eigenvalue weighted by Crippen LogP contribution is -2.02.